The molecule has 178 valence electrons. The Hall–Kier alpha value is -2.50. The minimum atomic E-state index is -3.45. The summed E-state index contributed by atoms with van der Waals surface area (Å²) >= 11 is 0. The van der Waals surface area contributed by atoms with Crippen molar-refractivity contribution in [2.75, 3.05) is 52.5 Å². The van der Waals surface area contributed by atoms with Gasteiger partial charge in [0.2, 0.25) is 21.7 Å². The SMILES string of the molecule is O=C(N1CCOCC1)N1CCCC(c2nc(-c3ccc(S(=O)(=O)N4CCCC4)cc3)no2)C1. The zero-order chi connectivity index (χ0) is 22.8. The third kappa shape index (κ3) is 4.62. The summed E-state index contributed by atoms with van der Waals surface area (Å²) in [5.74, 6) is 0.921. The smallest absolute Gasteiger partial charge is 0.320 e. The highest BCUT2D eigenvalue weighted by molar-refractivity contribution is 7.89. The third-order valence-electron chi connectivity index (χ3n) is 6.58. The van der Waals surface area contributed by atoms with Crippen LogP contribution in [0.3, 0.4) is 0 Å². The fourth-order valence-corrected chi connectivity index (χ4v) is 6.20. The van der Waals surface area contributed by atoms with Gasteiger partial charge in [-0.3, -0.25) is 0 Å². The number of sulfonamides is 1. The zero-order valence-electron chi connectivity index (χ0n) is 18.6. The van der Waals surface area contributed by atoms with E-state index in [1.165, 1.54) is 4.31 Å². The molecule has 0 N–H and O–H groups in total. The van der Waals surface area contributed by atoms with Gasteiger partial charge in [0.25, 0.3) is 0 Å². The Kier molecular flexibility index (Phi) is 6.35. The second-order valence-corrected chi connectivity index (χ2v) is 10.7. The van der Waals surface area contributed by atoms with Gasteiger partial charge in [0.05, 0.1) is 24.0 Å². The van der Waals surface area contributed by atoms with E-state index in [9.17, 15) is 13.2 Å². The molecule has 2 aromatic rings. The first-order valence-electron chi connectivity index (χ1n) is 11.6. The summed E-state index contributed by atoms with van der Waals surface area (Å²) in [7, 11) is -3.45. The van der Waals surface area contributed by atoms with Gasteiger partial charge in [0.15, 0.2) is 0 Å². The van der Waals surface area contributed by atoms with Crippen LogP contribution in [0.15, 0.2) is 33.7 Å². The Morgan fingerprint density at radius 1 is 0.939 bits per heavy atom. The van der Waals surface area contributed by atoms with Gasteiger partial charge in [0, 0.05) is 44.8 Å². The third-order valence-corrected chi connectivity index (χ3v) is 8.49. The number of benzene rings is 1. The monoisotopic (exact) mass is 475 g/mol. The number of urea groups is 1. The molecule has 1 aromatic heterocycles. The number of amides is 2. The number of hydrogen-bond donors (Lipinski definition) is 0. The van der Waals surface area contributed by atoms with E-state index in [-0.39, 0.29) is 16.8 Å². The molecular weight excluding hydrogens is 446 g/mol. The van der Waals surface area contributed by atoms with Crippen molar-refractivity contribution in [3.8, 4) is 11.4 Å². The van der Waals surface area contributed by atoms with E-state index in [2.05, 4.69) is 10.1 Å². The molecule has 10 nitrogen and oxygen atoms in total. The summed E-state index contributed by atoms with van der Waals surface area (Å²) in [5.41, 5.74) is 0.697. The Morgan fingerprint density at radius 2 is 1.67 bits per heavy atom. The van der Waals surface area contributed by atoms with Crippen LogP contribution in [0.5, 0.6) is 0 Å². The highest BCUT2D eigenvalue weighted by Gasteiger charge is 2.32. The van der Waals surface area contributed by atoms with Gasteiger partial charge < -0.3 is 19.1 Å². The minimum absolute atomic E-state index is 0.0141. The number of hydrogen-bond acceptors (Lipinski definition) is 7. The largest absolute Gasteiger partial charge is 0.378 e. The summed E-state index contributed by atoms with van der Waals surface area (Å²) < 4.78 is 37.9. The highest BCUT2D eigenvalue weighted by Crippen LogP contribution is 2.29. The standard InChI is InChI=1S/C22H29N5O5S/c28-22(25-12-14-31-15-13-25)26-9-3-4-18(16-26)21-23-20(24-32-21)17-5-7-19(8-6-17)33(29,30)27-10-1-2-11-27/h5-8,18H,1-4,9-16H2. The van der Waals surface area contributed by atoms with E-state index in [1.807, 2.05) is 9.80 Å². The molecule has 1 aromatic carbocycles. The molecule has 11 heteroatoms. The normalized spacial score (nSPS) is 22.6. The van der Waals surface area contributed by atoms with E-state index in [1.54, 1.807) is 24.3 Å². The molecule has 4 heterocycles. The van der Waals surface area contributed by atoms with E-state index in [4.69, 9.17) is 9.26 Å². The van der Waals surface area contributed by atoms with Gasteiger partial charge in [-0.2, -0.15) is 9.29 Å². The number of likely N-dealkylation sites (tertiary alicyclic amines) is 1. The molecule has 0 saturated carbocycles. The topological polar surface area (TPSA) is 109 Å². The van der Waals surface area contributed by atoms with Crippen molar-refractivity contribution in [1.82, 2.24) is 24.2 Å². The summed E-state index contributed by atoms with van der Waals surface area (Å²) in [4.78, 5) is 21.4. The zero-order valence-corrected chi connectivity index (χ0v) is 19.4. The van der Waals surface area contributed by atoms with Crippen molar-refractivity contribution in [2.45, 2.75) is 36.5 Å². The summed E-state index contributed by atoms with van der Waals surface area (Å²) in [6.45, 7) is 4.81. The van der Waals surface area contributed by atoms with Crippen molar-refractivity contribution >= 4 is 16.1 Å². The van der Waals surface area contributed by atoms with Crippen LogP contribution >= 0.6 is 0 Å². The molecule has 3 saturated heterocycles. The summed E-state index contributed by atoms with van der Waals surface area (Å²) in [6.07, 6.45) is 3.56. The predicted octanol–water partition coefficient (Wildman–Crippen LogP) is 2.15. The first-order valence-corrected chi connectivity index (χ1v) is 13.0. The van der Waals surface area contributed by atoms with Crippen molar-refractivity contribution in [3.63, 3.8) is 0 Å². The Labute approximate surface area is 193 Å². The summed E-state index contributed by atoms with van der Waals surface area (Å²) in [5, 5.41) is 4.11. The lowest BCUT2D eigenvalue weighted by molar-refractivity contribution is 0.0403. The highest BCUT2D eigenvalue weighted by atomic mass is 32.2. The first-order chi connectivity index (χ1) is 16.0. The van der Waals surface area contributed by atoms with Crippen LogP contribution in [-0.4, -0.2) is 91.2 Å². The van der Waals surface area contributed by atoms with Gasteiger partial charge in [0.1, 0.15) is 0 Å². The molecule has 33 heavy (non-hydrogen) atoms. The van der Waals surface area contributed by atoms with Gasteiger partial charge in [-0.25, -0.2) is 13.2 Å². The van der Waals surface area contributed by atoms with E-state index >= 15 is 0 Å². The lowest BCUT2D eigenvalue weighted by atomic mass is 9.98. The number of ether oxygens (including phenoxy) is 1. The maximum Gasteiger partial charge on any atom is 0.320 e. The van der Waals surface area contributed by atoms with E-state index < -0.39 is 10.0 Å². The van der Waals surface area contributed by atoms with Gasteiger partial charge in [-0.05, 0) is 49.9 Å². The number of rotatable bonds is 4. The van der Waals surface area contributed by atoms with Crippen LogP contribution in [0, 0.1) is 0 Å². The summed E-state index contributed by atoms with van der Waals surface area (Å²) in [6, 6.07) is 6.67. The lowest BCUT2D eigenvalue weighted by Gasteiger charge is -2.36. The van der Waals surface area contributed by atoms with Crippen molar-refractivity contribution < 1.29 is 22.5 Å². The number of aromatic nitrogens is 2. The molecular formula is C22H29N5O5S. The van der Waals surface area contributed by atoms with Crippen molar-refractivity contribution in [2.24, 2.45) is 0 Å². The van der Waals surface area contributed by atoms with Gasteiger partial charge in [-0.15, -0.1) is 0 Å². The number of piperidine rings is 1. The van der Waals surface area contributed by atoms with E-state index in [0.717, 1.165) is 32.2 Å². The van der Waals surface area contributed by atoms with Gasteiger partial charge in [-0.1, -0.05) is 5.16 Å². The predicted molar refractivity (Wildman–Crippen MR) is 119 cm³/mol. The lowest BCUT2D eigenvalue weighted by Crippen LogP contribution is -2.50. The first kappa shape index (κ1) is 22.3. The molecule has 0 bridgehead atoms. The number of carbonyl (C=O) groups is 1. The Morgan fingerprint density at radius 3 is 2.39 bits per heavy atom. The molecule has 3 aliphatic heterocycles. The maximum absolute atomic E-state index is 12.8. The van der Waals surface area contributed by atoms with Crippen LogP contribution in [0.4, 0.5) is 4.79 Å². The average Bonchev–Trinajstić information content (AvgIpc) is 3.58. The van der Waals surface area contributed by atoms with Crippen LogP contribution in [0.25, 0.3) is 11.4 Å². The average molecular weight is 476 g/mol. The molecule has 3 fully saturated rings. The number of morpholine rings is 1. The Balaban J connectivity index is 1.26. The number of nitrogens with zero attached hydrogens (tertiary/aromatic N) is 5. The fourth-order valence-electron chi connectivity index (χ4n) is 4.68. The molecule has 1 unspecified atom stereocenters. The van der Waals surface area contributed by atoms with Crippen LogP contribution in [0.1, 0.15) is 37.5 Å². The second kappa shape index (κ2) is 9.40. The Bertz CT molecular complexity index is 1070. The maximum atomic E-state index is 12.8. The quantitative estimate of drug-likeness (QED) is 0.666. The van der Waals surface area contributed by atoms with E-state index in [0.29, 0.717) is 63.2 Å². The van der Waals surface area contributed by atoms with Crippen LogP contribution < -0.4 is 0 Å². The molecule has 0 aliphatic carbocycles. The molecule has 0 spiro atoms. The fraction of sp³-hybridized carbons (Fsp3) is 0.591. The second-order valence-electron chi connectivity index (χ2n) is 8.76. The van der Waals surface area contributed by atoms with Crippen LogP contribution in [-0.2, 0) is 14.8 Å². The van der Waals surface area contributed by atoms with Crippen molar-refractivity contribution in [1.29, 1.82) is 0 Å². The molecule has 2 amide bonds. The number of carbonyl (C=O) groups excluding carboxylic acids is 1. The van der Waals surface area contributed by atoms with Crippen LogP contribution in [0.2, 0.25) is 0 Å². The van der Waals surface area contributed by atoms with Crippen molar-refractivity contribution in [3.05, 3.63) is 30.2 Å². The molecule has 1 atom stereocenters. The van der Waals surface area contributed by atoms with Gasteiger partial charge >= 0.3 is 6.03 Å². The molecule has 3 aliphatic rings. The molecule has 0 radical (unpaired) electrons. The molecule has 5 rings (SSSR count). The minimum Gasteiger partial charge on any atom is -0.378 e.